The normalized spacial score (nSPS) is 24.4. The highest BCUT2D eigenvalue weighted by atomic mass is 16.6. The van der Waals surface area contributed by atoms with Crippen LogP contribution in [0.15, 0.2) is 78.9 Å². The molecule has 2 aromatic heterocycles. The maximum absolute atomic E-state index is 13.5. The Balaban J connectivity index is 1.42. The number of amides is 2. The molecule has 9 rings (SSSR count). The summed E-state index contributed by atoms with van der Waals surface area (Å²) in [5, 5.41) is 10.5. The van der Waals surface area contributed by atoms with Gasteiger partial charge in [0, 0.05) is 47.2 Å². The molecule has 8 heteroatoms. The molecule has 3 aliphatic heterocycles. The summed E-state index contributed by atoms with van der Waals surface area (Å²) in [5.74, 6) is -0.197. The number of nitrogens with zero attached hydrogens (tertiary/aromatic N) is 2. The van der Waals surface area contributed by atoms with Crippen molar-refractivity contribution in [2.75, 3.05) is 7.11 Å². The number of carbonyl (C=O) groups excluding carboxylic acids is 2. The van der Waals surface area contributed by atoms with Gasteiger partial charge in [-0.05, 0) is 36.8 Å². The van der Waals surface area contributed by atoms with Crippen LogP contribution in [0.2, 0.25) is 0 Å². The van der Waals surface area contributed by atoms with Crippen molar-refractivity contribution >= 4 is 55.4 Å². The summed E-state index contributed by atoms with van der Waals surface area (Å²) < 4.78 is 18.0. The fourth-order valence-electron chi connectivity index (χ4n) is 8.04. The molecular weight excluding hydrogens is 528 g/mol. The predicted octanol–water partition coefficient (Wildman–Crippen LogP) is 5.56. The first-order valence-electron chi connectivity index (χ1n) is 14.4. The summed E-state index contributed by atoms with van der Waals surface area (Å²) in [6, 6.07) is 25.5. The molecule has 6 aromatic rings. The predicted molar refractivity (Wildman–Crippen MR) is 160 cm³/mol. The van der Waals surface area contributed by atoms with Crippen LogP contribution in [0.5, 0.6) is 0 Å². The van der Waals surface area contributed by atoms with Crippen molar-refractivity contribution in [3.05, 3.63) is 95.6 Å². The number of nitrogens with one attached hydrogen (secondary N) is 2. The lowest BCUT2D eigenvalue weighted by molar-refractivity contribution is -0.255. The van der Waals surface area contributed by atoms with E-state index in [0.29, 0.717) is 18.5 Å². The van der Waals surface area contributed by atoms with Crippen LogP contribution in [0.4, 0.5) is 0 Å². The van der Waals surface area contributed by atoms with Gasteiger partial charge in [-0.3, -0.25) is 9.59 Å². The largest absolute Gasteiger partial charge is 0.374 e. The van der Waals surface area contributed by atoms with Gasteiger partial charge in [-0.25, -0.2) is 0 Å². The molecule has 5 heterocycles. The van der Waals surface area contributed by atoms with Crippen molar-refractivity contribution in [3.8, 4) is 0 Å². The van der Waals surface area contributed by atoms with E-state index in [4.69, 9.17) is 9.47 Å². The van der Waals surface area contributed by atoms with Crippen LogP contribution < -0.4 is 10.6 Å². The highest BCUT2D eigenvalue weighted by Crippen LogP contribution is 2.53. The van der Waals surface area contributed by atoms with Gasteiger partial charge in [-0.2, -0.15) is 0 Å². The molecule has 42 heavy (non-hydrogen) atoms. The van der Waals surface area contributed by atoms with Crippen LogP contribution in [0.25, 0.3) is 43.6 Å². The minimum atomic E-state index is -0.981. The molecule has 8 nitrogen and oxygen atoms in total. The van der Waals surface area contributed by atoms with Gasteiger partial charge in [0.25, 0.3) is 11.8 Å². The molecule has 4 aromatic carbocycles. The van der Waals surface area contributed by atoms with E-state index in [2.05, 4.69) is 51.0 Å². The Kier molecular flexibility index (Phi) is 4.69. The van der Waals surface area contributed by atoms with E-state index in [1.165, 1.54) is 0 Å². The Morgan fingerprint density at radius 1 is 0.952 bits per heavy atom. The molecule has 208 valence electrons. The lowest BCUT2D eigenvalue weighted by Crippen LogP contribution is -2.61. The summed E-state index contributed by atoms with van der Waals surface area (Å²) in [7, 11) is 1.69. The number of fused-ring (bicyclic) bond motifs is 13. The molecule has 2 bridgehead atoms. The number of aromatic nitrogens is 2. The van der Waals surface area contributed by atoms with Crippen molar-refractivity contribution in [1.82, 2.24) is 19.8 Å². The molecule has 0 spiro atoms. The third kappa shape index (κ3) is 2.83. The number of hydrogen-bond acceptors (Lipinski definition) is 4. The number of methoxy groups -OCH3 is 1. The standard InChI is InChI=1S/C34H28N4O4/c1-34-31(41-2)22(36-32(39)18-10-4-3-5-11-18)16-25(42-34)37-23-14-8-6-12-19(23)27-28-21(17-35-33(28)40)26-20-13-7-9-15-24(20)38(34)30(26)29(27)37/h3-15,22,25,31H,16-17H2,1-2H3,(H,35,40)(H,36,39)/t22-,25-,31-,34+/m0/s1. The van der Waals surface area contributed by atoms with Gasteiger partial charge < -0.3 is 29.2 Å². The van der Waals surface area contributed by atoms with E-state index in [0.717, 1.165) is 54.7 Å². The highest BCUT2D eigenvalue weighted by Gasteiger charge is 2.53. The second kappa shape index (κ2) is 8.21. The summed E-state index contributed by atoms with van der Waals surface area (Å²) in [6.45, 7) is 2.54. The number of ether oxygens (including phenoxy) is 2. The Morgan fingerprint density at radius 2 is 1.64 bits per heavy atom. The fourth-order valence-corrected chi connectivity index (χ4v) is 8.04. The van der Waals surface area contributed by atoms with Crippen LogP contribution in [-0.4, -0.2) is 40.2 Å². The highest BCUT2D eigenvalue weighted by molar-refractivity contribution is 6.31. The van der Waals surface area contributed by atoms with Gasteiger partial charge in [0.05, 0.1) is 33.7 Å². The van der Waals surface area contributed by atoms with E-state index in [-0.39, 0.29) is 17.9 Å². The third-order valence-corrected chi connectivity index (χ3v) is 9.58. The molecule has 2 amide bonds. The van der Waals surface area contributed by atoms with E-state index >= 15 is 0 Å². The van der Waals surface area contributed by atoms with Crippen LogP contribution in [-0.2, 0) is 21.7 Å². The van der Waals surface area contributed by atoms with Crippen molar-refractivity contribution in [2.24, 2.45) is 0 Å². The molecular formula is C34H28N4O4. The van der Waals surface area contributed by atoms with E-state index in [1.54, 1.807) is 7.11 Å². The zero-order valence-corrected chi connectivity index (χ0v) is 23.2. The number of benzene rings is 4. The summed E-state index contributed by atoms with van der Waals surface area (Å²) in [4.78, 5) is 27.0. The second-order valence-electron chi connectivity index (χ2n) is 11.7. The lowest BCUT2D eigenvalue weighted by atomic mass is 9.92. The maximum Gasteiger partial charge on any atom is 0.252 e. The van der Waals surface area contributed by atoms with Gasteiger partial charge in [0.15, 0.2) is 5.72 Å². The Morgan fingerprint density at radius 3 is 2.40 bits per heavy atom. The van der Waals surface area contributed by atoms with Crippen LogP contribution in [0, 0.1) is 0 Å². The zero-order valence-electron chi connectivity index (χ0n) is 23.2. The lowest BCUT2D eigenvalue weighted by Gasteiger charge is -2.48. The zero-order chi connectivity index (χ0) is 28.3. The molecule has 2 N–H and O–H groups in total. The molecule has 0 aliphatic carbocycles. The molecule has 3 aliphatic rings. The second-order valence-corrected chi connectivity index (χ2v) is 11.7. The van der Waals surface area contributed by atoms with E-state index in [9.17, 15) is 9.59 Å². The van der Waals surface area contributed by atoms with Crippen LogP contribution in [0.3, 0.4) is 0 Å². The average molecular weight is 557 g/mol. The number of para-hydroxylation sites is 2. The number of rotatable bonds is 3. The van der Waals surface area contributed by atoms with Gasteiger partial charge in [0.1, 0.15) is 12.3 Å². The van der Waals surface area contributed by atoms with Crippen molar-refractivity contribution in [3.63, 3.8) is 0 Å². The summed E-state index contributed by atoms with van der Waals surface area (Å²) in [6.07, 6.45) is -0.429. The SMILES string of the molecule is CO[C@H]1[C@@H](NC(=O)c2ccccc2)C[C@@H]2O[C@@]1(C)n1c3ccccc3c3c4c(c5c6ccccc6n2c5c31)C(=O)NC4. The first kappa shape index (κ1) is 24.0. The van der Waals surface area contributed by atoms with Gasteiger partial charge in [-0.1, -0.05) is 54.6 Å². The fraction of sp³-hybridized carbons (Fsp3) is 0.235. The first-order chi connectivity index (χ1) is 20.5. The van der Waals surface area contributed by atoms with E-state index < -0.39 is 18.1 Å². The molecule has 0 unspecified atom stereocenters. The number of carbonyl (C=O) groups is 2. The maximum atomic E-state index is 13.5. The number of hydrogen-bond donors (Lipinski definition) is 2. The minimum Gasteiger partial charge on any atom is -0.374 e. The molecule has 1 fully saturated rings. The van der Waals surface area contributed by atoms with Gasteiger partial charge in [-0.15, -0.1) is 0 Å². The molecule has 1 saturated heterocycles. The van der Waals surface area contributed by atoms with Crippen LogP contribution >= 0.6 is 0 Å². The summed E-state index contributed by atoms with van der Waals surface area (Å²) in [5.41, 5.74) is 5.38. The topological polar surface area (TPSA) is 86.5 Å². The van der Waals surface area contributed by atoms with Crippen molar-refractivity contribution in [2.45, 2.75) is 44.0 Å². The Bertz CT molecular complexity index is 2150. The van der Waals surface area contributed by atoms with Crippen LogP contribution in [0.1, 0.15) is 45.9 Å². The van der Waals surface area contributed by atoms with E-state index in [1.807, 2.05) is 54.6 Å². The average Bonchev–Trinajstić information content (AvgIpc) is 3.65. The molecule has 0 radical (unpaired) electrons. The smallest absolute Gasteiger partial charge is 0.252 e. The van der Waals surface area contributed by atoms with Gasteiger partial charge in [0.2, 0.25) is 0 Å². The van der Waals surface area contributed by atoms with Crippen molar-refractivity contribution in [1.29, 1.82) is 0 Å². The Hall–Kier alpha value is -4.66. The molecule has 4 atom stereocenters. The molecule has 0 saturated carbocycles. The summed E-state index contributed by atoms with van der Waals surface area (Å²) >= 11 is 0. The van der Waals surface area contributed by atoms with Crippen molar-refractivity contribution < 1.29 is 19.1 Å². The van der Waals surface area contributed by atoms with Gasteiger partial charge >= 0.3 is 0 Å². The Labute approximate surface area is 240 Å². The third-order valence-electron chi connectivity index (χ3n) is 9.58. The first-order valence-corrected chi connectivity index (χ1v) is 14.4. The quantitative estimate of drug-likeness (QED) is 0.299. The monoisotopic (exact) mass is 556 g/mol. The minimum absolute atomic E-state index is 0.0475.